The van der Waals surface area contributed by atoms with Crippen LogP contribution in [0.2, 0.25) is 0 Å². The van der Waals surface area contributed by atoms with Crippen LogP contribution < -0.4 is 10.6 Å². The molecule has 0 spiro atoms. The normalized spacial score (nSPS) is 18.9. The summed E-state index contributed by atoms with van der Waals surface area (Å²) in [6.07, 6.45) is 5.11. The average molecular weight is 1150 g/mol. The van der Waals surface area contributed by atoms with Crippen molar-refractivity contribution in [3.8, 4) is 12.1 Å². The topological polar surface area (TPSA) is 245 Å². The highest BCUT2D eigenvalue weighted by atomic mass is 19.1. The molecular formula is C62H58F4N10O8. The number of ether oxygens (including phenoxy) is 4. The molecule has 4 atom stereocenters. The minimum absolute atomic E-state index is 0.0225. The minimum Gasteiger partial charge on any atom is -0.383 e. The Morgan fingerprint density at radius 1 is 0.571 bits per heavy atom. The van der Waals surface area contributed by atoms with E-state index in [0.29, 0.717) is 72.9 Å². The molecule has 18 nitrogen and oxygen atoms in total. The molecule has 84 heavy (non-hydrogen) atoms. The van der Waals surface area contributed by atoms with Gasteiger partial charge in [0.05, 0.1) is 62.8 Å². The number of hydrogen-bond acceptors (Lipinski definition) is 14. The summed E-state index contributed by atoms with van der Waals surface area (Å²) in [5, 5.41) is 55.1. The van der Waals surface area contributed by atoms with Gasteiger partial charge in [0.1, 0.15) is 59.8 Å². The van der Waals surface area contributed by atoms with Crippen LogP contribution in [0.5, 0.6) is 0 Å². The third-order valence-corrected chi connectivity index (χ3v) is 14.9. The number of aliphatic hydroxyl groups is 2. The van der Waals surface area contributed by atoms with Crippen molar-refractivity contribution in [1.29, 1.82) is 10.5 Å². The van der Waals surface area contributed by atoms with Crippen molar-refractivity contribution < 1.29 is 56.3 Å². The molecular weight excluding hydrogens is 1090 g/mol. The highest BCUT2D eigenvalue weighted by Crippen LogP contribution is 2.41. The molecule has 10 rings (SSSR count). The van der Waals surface area contributed by atoms with Gasteiger partial charge in [0.25, 0.3) is 11.8 Å². The van der Waals surface area contributed by atoms with Crippen LogP contribution in [0.1, 0.15) is 93.4 Å². The van der Waals surface area contributed by atoms with E-state index >= 15 is 0 Å². The van der Waals surface area contributed by atoms with Gasteiger partial charge in [-0.15, -0.1) is 0 Å². The van der Waals surface area contributed by atoms with Gasteiger partial charge in [-0.25, -0.2) is 36.9 Å². The number of carbonyl (C=O) groups excluding carboxylic acids is 2. The Morgan fingerprint density at radius 3 is 1.24 bits per heavy atom. The maximum atomic E-state index is 14.8. The zero-order valence-electron chi connectivity index (χ0n) is 45.6. The van der Waals surface area contributed by atoms with Gasteiger partial charge in [0.15, 0.2) is 12.6 Å². The third-order valence-electron chi connectivity index (χ3n) is 14.9. The van der Waals surface area contributed by atoms with Crippen LogP contribution in [-0.4, -0.2) is 78.0 Å². The summed E-state index contributed by atoms with van der Waals surface area (Å²) >= 11 is 0. The fraction of sp³-hybridized carbons (Fsp3) is 0.290. The first-order valence-corrected chi connectivity index (χ1v) is 26.8. The summed E-state index contributed by atoms with van der Waals surface area (Å²) in [7, 11) is 0. The van der Waals surface area contributed by atoms with Crippen LogP contribution in [0.4, 0.5) is 28.9 Å². The molecule has 0 unspecified atom stereocenters. The zero-order chi connectivity index (χ0) is 59.4. The summed E-state index contributed by atoms with van der Waals surface area (Å²) in [4.78, 5) is 33.0. The molecule has 0 radical (unpaired) electrons. The Kier molecular flexibility index (Phi) is 19.1. The Labute approximate surface area is 480 Å². The lowest BCUT2D eigenvalue weighted by atomic mass is 9.77. The van der Waals surface area contributed by atoms with Gasteiger partial charge in [-0.1, -0.05) is 50.2 Å². The van der Waals surface area contributed by atoms with Crippen LogP contribution >= 0.6 is 0 Å². The molecule has 2 saturated heterocycles. The number of halogens is 4. The van der Waals surface area contributed by atoms with Crippen LogP contribution in [0.3, 0.4) is 0 Å². The van der Waals surface area contributed by atoms with Crippen molar-refractivity contribution in [2.75, 3.05) is 37.1 Å². The average Bonchev–Trinajstić information content (AvgIpc) is 3.93. The van der Waals surface area contributed by atoms with Gasteiger partial charge < -0.3 is 39.8 Å². The molecule has 22 heteroatoms. The number of amides is 2. The first kappa shape index (κ1) is 59.6. The summed E-state index contributed by atoms with van der Waals surface area (Å²) in [5.41, 5.74) is 1.12. The SMILES string of the molecule is C[C@@H](CC1COC(c2ccc(C(=O)Nc3ccc(C#N)cc3)cc2)OC1)[C@](O)(Cn1cncn1)c1ccc(F)cc1F.C[C@@H](CC1COC(c2ccc(C(=O)Nc3ccc(C#N)cc3)cc2)OC1)[C@](O)(Cn1cncn1)c1ccc(F)cc1F. The van der Waals surface area contributed by atoms with E-state index < -0.39 is 58.9 Å². The highest BCUT2D eigenvalue weighted by Gasteiger charge is 2.42. The predicted molar refractivity (Wildman–Crippen MR) is 295 cm³/mol. The number of hydrogen-bond donors (Lipinski definition) is 4. The van der Waals surface area contributed by atoms with Crippen molar-refractivity contribution >= 4 is 23.2 Å². The molecule has 2 amide bonds. The molecule has 0 aliphatic carbocycles. The minimum atomic E-state index is -1.70. The summed E-state index contributed by atoms with van der Waals surface area (Å²) in [6, 6.07) is 37.3. The first-order chi connectivity index (χ1) is 40.5. The second kappa shape index (κ2) is 26.9. The van der Waals surface area contributed by atoms with Gasteiger partial charge in [0.2, 0.25) is 0 Å². The highest BCUT2D eigenvalue weighted by molar-refractivity contribution is 6.05. The lowest BCUT2D eigenvalue weighted by molar-refractivity contribution is -0.210. The first-order valence-electron chi connectivity index (χ1n) is 26.8. The summed E-state index contributed by atoms with van der Waals surface area (Å²) in [6.45, 7) is 4.80. The largest absolute Gasteiger partial charge is 0.383 e. The number of carbonyl (C=O) groups is 2. The molecule has 4 heterocycles. The third kappa shape index (κ3) is 14.6. The lowest BCUT2D eigenvalue weighted by Crippen LogP contribution is -2.41. The number of aromatic nitrogens is 6. The molecule has 4 N–H and O–H groups in total. The van der Waals surface area contributed by atoms with Gasteiger partial charge >= 0.3 is 0 Å². The zero-order valence-corrected chi connectivity index (χ0v) is 45.6. The summed E-state index contributed by atoms with van der Waals surface area (Å²) in [5.74, 6) is -4.88. The molecule has 6 aromatic carbocycles. The molecule has 2 aliphatic rings. The Morgan fingerprint density at radius 2 is 0.929 bits per heavy atom. The molecule has 0 bridgehead atoms. The van der Waals surface area contributed by atoms with Gasteiger partial charge in [-0.3, -0.25) is 9.59 Å². The molecule has 2 fully saturated rings. The van der Waals surface area contributed by atoms with E-state index in [-0.39, 0.29) is 47.9 Å². The number of nitrogens with zero attached hydrogens (tertiary/aromatic N) is 8. The van der Waals surface area contributed by atoms with E-state index in [1.54, 1.807) is 111 Å². The number of rotatable bonds is 18. The van der Waals surface area contributed by atoms with E-state index in [0.717, 1.165) is 35.4 Å². The number of nitriles is 2. The Hall–Kier alpha value is -9.00. The molecule has 2 aliphatic heterocycles. The van der Waals surface area contributed by atoms with Crippen molar-refractivity contribution in [3.63, 3.8) is 0 Å². The van der Waals surface area contributed by atoms with Gasteiger partial charge in [-0.05, 0) is 110 Å². The smallest absolute Gasteiger partial charge is 0.255 e. The molecule has 0 saturated carbocycles. The fourth-order valence-corrected chi connectivity index (χ4v) is 10.2. The summed E-state index contributed by atoms with van der Waals surface area (Å²) < 4.78 is 83.7. The maximum Gasteiger partial charge on any atom is 0.255 e. The van der Waals surface area contributed by atoms with Gasteiger partial charge in [-0.2, -0.15) is 20.7 Å². The Bertz CT molecular complexity index is 3340. The van der Waals surface area contributed by atoms with Crippen LogP contribution in [-0.2, 0) is 43.2 Å². The number of nitrogens with one attached hydrogen (secondary N) is 2. The molecule has 8 aromatic rings. The van der Waals surface area contributed by atoms with E-state index in [1.807, 2.05) is 12.1 Å². The predicted octanol–water partition coefficient (Wildman–Crippen LogP) is 9.91. The van der Waals surface area contributed by atoms with Crippen molar-refractivity contribution in [2.24, 2.45) is 23.7 Å². The molecule has 432 valence electrons. The quantitative estimate of drug-likeness (QED) is 0.0585. The number of benzene rings is 6. The van der Waals surface area contributed by atoms with E-state index in [4.69, 9.17) is 29.5 Å². The molecule has 2 aromatic heterocycles. The van der Waals surface area contributed by atoms with Crippen molar-refractivity contribution in [1.82, 2.24) is 29.5 Å². The Balaban J connectivity index is 0.000000202. The van der Waals surface area contributed by atoms with E-state index in [2.05, 4.69) is 30.8 Å². The van der Waals surface area contributed by atoms with Crippen LogP contribution in [0.15, 0.2) is 159 Å². The second-order valence-electron chi connectivity index (χ2n) is 20.8. The van der Waals surface area contributed by atoms with Gasteiger partial charge in [0, 0.05) is 68.7 Å². The van der Waals surface area contributed by atoms with Crippen LogP contribution in [0.25, 0.3) is 0 Å². The van der Waals surface area contributed by atoms with Crippen molar-refractivity contribution in [2.45, 2.75) is 63.6 Å². The number of anilines is 2. The van der Waals surface area contributed by atoms with Crippen LogP contribution in [0, 0.1) is 69.6 Å². The van der Waals surface area contributed by atoms with E-state index in [9.17, 15) is 37.4 Å². The maximum absolute atomic E-state index is 14.8. The monoisotopic (exact) mass is 1150 g/mol. The van der Waals surface area contributed by atoms with Crippen molar-refractivity contribution in [3.05, 3.63) is 227 Å². The standard InChI is InChI=1S/2C31H29F2N5O4/c2*1-20(31(40,17-38-19-35-18-36-38)27-11-8-25(32)13-28(27)33)12-22-15-41-30(42-16-22)24-6-4-23(5-7-24)29(39)37-26-9-2-21(14-34)3-10-26/h2*2-11,13,18-20,22,30,40H,12,15-17H2,1H3,(H,37,39)/t2*20-,22?,30?,31+/m00/s1. The second-order valence-corrected chi connectivity index (χ2v) is 20.8. The van der Waals surface area contributed by atoms with E-state index in [1.165, 1.54) is 46.8 Å². The lowest BCUT2D eigenvalue weighted by Gasteiger charge is -2.38. The fourth-order valence-electron chi connectivity index (χ4n) is 10.2.